The third kappa shape index (κ3) is 4.00. The van der Waals surface area contributed by atoms with Crippen molar-refractivity contribution in [2.75, 3.05) is 6.54 Å². The number of nitrogens with two attached hydrogens (primary N) is 1. The molecule has 84 valence electrons. The van der Waals surface area contributed by atoms with Crippen molar-refractivity contribution in [3.63, 3.8) is 0 Å². The maximum atomic E-state index is 9.63. The first-order valence-electron chi connectivity index (χ1n) is 5.12. The van der Waals surface area contributed by atoms with Crippen LogP contribution in [0.25, 0.3) is 0 Å². The van der Waals surface area contributed by atoms with Gasteiger partial charge in [0.25, 0.3) is 0 Å². The standard InChI is InChI=1S/C12H19NO2/c1-12(2,15)7-9-3-5-10(6-4-9)11(14)8-13/h3-6,11,14-15H,7-8,13H2,1-2H3. The van der Waals surface area contributed by atoms with Gasteiger partial charge < -0.3 is 15.9 Å². The highest BCUT2D eigenvalue weighted by molar-refractivity contribution is 5.25. The molecule has 1 atom stereocenters. The molecule has 3 heteroatoms. The number of rotatable bonds is 4. The van der Waals surface area contributed by atoms with Crippen LogP contribution in [0.15, 0.2) is 24.3 Å². The van der Waals surface area contributed by atoms with Crippen LogP contribution in [0, 0.1) is 0 Å². The van der Waals surface area contributed by atoms with Gasteiger partial charge in [-0.2, -0.15) is 0 Å². The van der Waals surface area contributed by atoms with Gasteiger partial charge in [0.2, 0.25) is 0 Å². The van der Waals surface area contributed by atoms with Crippen LogP contribution in [0.2, 0.25) is 0 Å². The lowest BCUT2D eigenvalue weighted by atomic mass is 9.97. The van der Waals surface area contributed by atoms with Crippen molar-refractivity contribution >= 4 is 0 Å². The lowest BCUT2D eigenvalue weighted by Crippen LogP contribution is -2.21. The van der Waals surface area contributed by atoms with Gasteiger partial charge in [-0.1, -0.05) is 24.3 Å². The second kappa shape index (κ2) is 4.75. The van der Waals surface area contributed by atoms with Crippen molar-refractivity contribution in [3.05, 3.63) is 35.4 Å². The normalized spacial score (nSPS) is 13.9. The van der Waals surface area contributed by atoms with Gasteiger partial charge in [0.1, 0.15) is 0 Å². The van der Waals surface area contributed by atoms with Crippen molar-refractivity contribution < 1.29 is 10.2 Å². The zero-order valence-corrected chi connectivity index (χ0v) is 9.27. The average molecular weight is 209 g/mol. The summed E-state index contributed by atoms with van der Waals surface area (Å²) in [6, 6.07) is 7.51. The molecule has 1 unspecified atom stereocenters. The minimum absolute atomic E-state index is 0.227. The summed E-state index contributed by atoms with van der Waals surface area (Å²) in [7, 11) is 0. The summed E-state index contributed by atoms with van der Waals surface area (Å²) < 4.78 is 0. The molecule has 3 nitrogen and oxygen atoms in total. The molecule has 1 aromatic rings. The van der Waals surface area contributed by atoms with Crippen molar-refractivity contribution in [2.24, 2.45) is 5.73 Å². The summed E-state index contributed by atoms with van der Waals surface area (Å²) in [5.74, 6) is 0. The Bertz CT molecular complexity index is 300. The number of aliphatic hydroxyl groups is 2. The van der Waals surface area contributed by atoms with E-state index < -0.39 is 11.7 Å². The van der Waals surface area contributed by atoms with E-state index >= 15 is 0 Å². The number of hydrogen-bond acceptors (Lipinski definition) is 3. The maximum absolute atomic E-state index is 9.63. The summed E-state index contributed by atoms with van der Waals surface area (Å²) in [4.78, 5) is 0. The topological polar surface area (TPSA) is 66.5 Å². The molecule has 0 heterocycles. The lowest BCUT2D eigenvalue weighted by molar-refractivity contribution is 0.0810. The van der Waals surface area contributed by atoms with Crippen LogP contribution in [0.1, 0.15) is 31.1 Å². The predicted octanol–water partition coefficient (Wildman–Crippen LogP) is 0.992. The minimum Gasteiger partial charge on any atom is -0.390 e. The Morgan fingerprint density at radius 1 is 1.27 bits per heavy atom. The zero-order valence-electron chi connectivity index (χ0n) is 9.27. The molecular formula is C12H19NO2. The first-order valence-corrected chi connectivity index (χ1v) is 5.12. The van der Waals surface area contributed by atoms with Crippen LogP contribution in [0.5, 0.6) is 0 Å². The van der Waals surface area contributed by atoms with Crippen LogP contribution in [0.4, 0.5) is 0 Å². The Morgan fingerprint density at radius 3 is 2.20 bits per heavy atom. The first kappa shape index (κ1) is 12.2. The molecule has 0 aromatic heterocycles. The van der Waals surface area contributed by atoms with Gasteiger partial charge in [-0.15, -0.1) is 0 Å². The van der Waals surface area contributed by atoms with E-state index in [2.05, 4.69) is 0 Å². The Kier molecular flexibility index (Phi) is 3.85. The van der Waals surface area contributed by atoms with Crippen LogP contribution in [-0.2, 0) is 6.42 Å². The molecule has 0 aliphatic carbocycles. The smallest absolute Gasteiger partial charge is 0.0912 e. The van der Waals surface area contributed by atoms with Gasteiger partial charge in [-0.05, 0) is 25.0 Å². The third-order valence-electron chi connectivity index (χ3n) is 2.22. The molecule has 0 fully saturated rings. The van der Waals surface area contributed by atoms with E-state index in [9.17, 15) is 10.2 Å². The van der Waals surface area contributed by atoms with Gasteiger partial charge in [-0.25, -0.2) is 0 Å². The molecule has 1 aromatic carbocycles. The van der Waals surface area contributed by atoms with Gasteiger partial charge >= 0.3 is 0 Å². The van der Waals surface area contributed by atoms with Crippen molar-refractivity contribution in [3.8, 4) is 0 Å². The highest BCUT2D eigenvalue weighted by atomic mass is 16.3. The second-order valence-electron chi connectivity index (χ2n) is 4.48. The Hall–Kier alpha value is -0.900. The maximum Gasteiger partial charge on any atom is 0.0912 e. The van der Waals surface area contributed by atoms with E-state index in [1.165, 1.54) is 0 Å². The van der Waals surface area contributed by atoms with E-state index in [-0.39, 0.29) is 6.54 Å². The minimum atomic E-state index is -0.700. The van der Waals surface area contributed by atoms with E-state index in [1.54, 1.807) is 13.8 Å². The third-order valence-corrected chi connectivity index (χ3v) is 2.22. The molecular weight excluding hydrogens is 190 g/mol. The fraction of sp³-hybridized carbons (Fsp3) is 0.500. The van der Waals surface area contributed by atoms with Crippen molar-refractivity contribution in [2.45, 2.75) is 32.0 Å². The molecule has 15 heavy (non-hydrogen) atoms. The fourth-order valence-electron chi connectivity index (χ4n) is 1.49. The molecule has 0 spiro atoms. The largest absolute Gasteiger partial charge is 0.390 e. The molecule has 0 amide bonds. The molecule has 0 radical (unpaired) electrons. The average Bonchev–Trinajstić information content (AvgIpc) is 2.15. The molecule has 4 N–H and O–H groups in total. The molecule has 0 saturated carbocycles. The number of benzene rings is 1. The number of hydrogen-bond donors (Lipinski definition) is 3. The van der Waals surface area contributed by atoms with E-state index in [4.69, 9.17) is 5.73 Å². The molecule has 0 aliphatic heterocycles. The molecule has 0 bridgehead atoms. The van der Waals surface area contributed by atoms with Crippen LogP contribution < -0.4 is 5.73 Å². The van der Waals surface area contributed by atoms with Crippen LogP contribution in [0.3, 0.4) is 0 Å². The lowest BCUT2D eigenvalue weighted by Gasteiger charge is -2.17. The van der Waals surface area contributed by atoms with Gasteiger partial charge in [0.15, 0.2) is 0 Å². The summed E-state index contributed by atoms with van der Waals surface area (Å²) >= 11 is 0. The second-order valence-corrected chi connectivity index (χ2v) is 4.48. The van der Waals surface area contributed by atoms with Crippen molar-refractivity contribution in [1.29, 1.82) is 0 Å². The molecule has 0 aliphatic rings. The SMILES string of the molecule is CC(C)(O)Cc1ccc(C(O)CN)cc1. The van der Waals surface area contributed by atoms with Gasteiger partial charge in [-0.3, -0.25) is 0 Å². The van der Waals surface area contributed by atoms with Gasteiger partial charge in [0, 0.05) is 13.0 Å². The summed E-state index contributed by atoms with van der Waals surface area (Å²) in [6.45, 7) is 3.77. The quantitative estimate of drug-likeness (QED) is 0.693. The zero-order chi connectivity index (χ0) is 11.5. The summed E-state index contributed by atoms with van der Waals surface area (Å²) in [6.07, 6.45) is 0.00705. The number of aliphatic hydroxyl groups excluding tert-OH is 1. The monoisotopic (exact) mass is 209 g/mol. The predicted molar refractivity (Wildman–Crippen MR) is 60.5 cm³/mol. The van der Waals surface area contributed by atoms with E-state index in [1.807, 2.05) is 24.3 Å². The Balaban J connectivity index is 2.72. The molecule has 0 saturated heterocycles. The van der Waals surface area contributed by atoms with Crippen molar-refractivity contribution in [1.82, 2.24) is 0 Å². The summed E-state index contributed by atoms with van der Waals surface area (Å²) in [5.41, 5.74) is 6.52. The highest BCUT2D eigenvalue weighted by Crippen LogP contribution is 2.16. The first-order chi connectivity index (χ1) is 6.92. The summed E-state index contributed by atoms with van der Waals surface area (Å²) in [5, 5.41) is 19.1. The fourth-order valence-corrected chi connectivity index (χ4v) is 1.49. The Morgan fingerprint density at radius 2 is 1.80 bits per heavy atom. The van der Waals surface area contributed by atoms with Crippen LogP contribution >= 0.6 is 0 Å². The van der Waals surface area contributed by atoms with Crippen LogP contribution in [-0.4, -0.2) is 22.4 Å². The molecule has 1 rings (SSSR count). The van der Waals surface area contributed by atoms with E-state index in [0.717, 1.165) is 11.1 Å². The van der Waals surface area contributed by atoms with Gasteiger partial charge in [0.05, 0.1) is 11.7 Å². The van der Waals surface area contributed by atoms with E-state index in [0.29, 0.717) is 6.42 Å². The highest BCUT2D eigenvalue weighted by Gasteiger charge is 2.13. The Labute approximate surface area is 90.5 Å².